The lowest BCUT2D eigenvalue weighted by atomic mass is 10.7. The average molecular weight is 200 g/mol. The molecule has 0 radical (unpaired) electrons. The molecular weight excluding hydrogens is 193 g/mol. The maximum absolute atomic E-state index is 10.4. The molecule has 0 saturated heterocycles. The topological polar surface area (TPSA) is 80.9 Å². The van der Waals surface area contributed by atoms with Crippen molar-refractivity contribution in [2.45, 2.75) is 0 Å². The van der Waals surface area contributed by atoms with Gasteiger partial charge in [0.25, 0.3) is 5.56 Å². The third-order valence-electron chi connectivity index (χ3n) is 0.851. The molecule has 7 heteroatoms. The highest BCUT2D eigenvalue weighted by Crippen LogP contribution is 1.57. The number of nitrogens with zero attached hydrogens (tertiary/aromatic N) is 1. The summed E-state index contributed by atoms with van der Waals surface area (Å²) in [7, 11) is 0. The lowest BCUT2D eigenvalue weighted by molar-refractivity contribution is 0.856. The number of hydrogen-bond donors (Lipinski definition) is 2. The van der Waals surface area contributed by atoms with Crippen LogP contribution in [0.3, 0.4) is 0 Å². The zero-order valence-electron chi connectivity index (χ0n) is 5.31. The molecule has 0 saturated carbocycles. The molecule has 0 amide bonds. The zero-order chi connectivity index (χ0) is 6.85. The largest absolute Gasteiger partial charge is 0.346 e. The highest BCUT2D eigenvalue weighted by molar-refractivity contribution is 5.85. The van der Waals surface area contributed by atoms with Gasteiger partial charge in [0.1, 0.15) is 0 Å². The van der Waals surface area contributed by atoms with E-state index in [1.807, 2.05) is 4.98 Å². The summed E-state index contributed by atoms with van der Waals surface area (Å²) in [6.45, 7) is 0. The maximum Gasteiger partial charge on any atom is 0.346 e. The van der Waals surface area contributed by atoms with Gasteiger partial charge in [-0.25, -0.2) is 9.47 Å². The molecule has 0 aliphatic rings. The van der Waals surface area contributed by atoms with Crippen molar-refractivity contribution in [3.8, 4) is 0 Å². The number of nitrogens with one attached hydrogen (secondary N) is 1. The van der Waals surface area contributed by atoms with Crippen molar-refractivity contribution in [3.05, 3.63) is 33.1 Å². The lowest BCUT2D eigenvalue weighted by Crippen LogP contribution is -2.33. The molecule has 1 heterocycles. The first-order valence-corrected chi connectivity index (χ1v) is 2.27. The molecule has 3 N–H and O–H groups in total. The van der Waals surface area contributed by atoms with E-state index in [-0.39, 0.29) is 24.8 Å². The van der Waals surface area contributed by atoms with E-state index in [1.165, 1.54) is 12.3 Å². The SMILES string of the molecule is Cl.Cl.Nn1ccc(=O)[nH]c1=O. The predicted octanol–water partition coefficient (Wildman–Crippen LogP) is -0.906. The molecular formula is C4H7Cl2N3O2. The Kier molecular flexibility index (Phi) is 5.56. The van der Waals surface area contributed by atoms with E-state index in [2.05, 4.69) is 0 Å². The molecule has 11 heavy (non-hydrogen) atoms. The first-order valence-electron chi connectivity index (χ1n) is 2.27. The number of hydrogen-bond acceptors (Lipinski definition) is 3. The highest BCUT2D eigenvalue weighted by Gasteiger charge is 1.86. The number of aromatic nitrogens is 2. The third-order valence-corrected chi connectivity index (χ3v) is 0.851. The number of halogens is 2. The molecule has 0 bridgehead atoms. The van der Waals surface area contributed by atoms with Gasteiger partial charge < -0.3 is 5.84 Å². The molecule has 1 rings (SSSR count). The molecule has 0 atom stereocenters. The van der Waals surface area contributed by atoms with Crippen LogP contribution in [0.15, 0.2) is 21.9 Å². The number of nitrogens with two attached hydrogens (primary N) is 1. The van der Waals surface area contributed by atoms with Crippen LogP contribution in [-0.2, 0) is 0 Å². The fourth-order valence-corrected chi connectivity index (χ4v) is 0.427. The predicted molar refractivity (Wildman–Crippen MR) is 46.0 cm³/mol. The summed E-state index contributed by atoms with van der Waals surface area (Å²) in [5, 5.41) is 0. The van der Waals surface area contributed by atoms with E-state index in [9.17, 15) is 9.59 Å². The van der Waals surface area contributed by atoms with Crippen LogP contribution in [0.5, 0.6) is 0 Å². The van der Waals surface area contributed by atoms with E-state index in [1.54, 1.807) is 0 Å². The second-order valence-electron chi connectivity index (χ2n) is 1.52. The Labute approximate surface area is 74.0 Å². The lowest BCUT2D eigenvalue weighted by Gasteiger charge is -1.89. The molecule has 64 valence electrons. The molecule has 0 aromatic carbocycles. The van der Waals surface area contributed by atoms with Crippen molar-refractivity contribution in [3.63, 3.8) is 0 Å². The van der Waals surface area contributed by atoms with Gasteiger partial charge in [-0.1, -0.05) is 0 Å². The maximum atomic E-state index is 10.4. The van der Waals surface area contributed by atoms with Gasteiger partial charge in [0, 0.05) is 12.3 Å². The zero-order valence-corrected chi connectivity index (χ0v) is 6.95. The van der Waals surface area contributed by atoms with Crippen molar-refractivity contribution in [1.82, 2.24) is 9.66 Å². The van der Waals surface area contributed by atoms with Gasteiger partial charge in [0.05, 0.1) is 0 Å². The van der Waals surface area contributed by atoms with Crippen LogP contribution >= 0.6 is 24.8 Å². The van der Waals surface area contributed by atoms with Gasteiger partial charge in [0.15, 0.2) is 0 Å². The van der Waals surface area contributed by atoms with Crippen LogP contribution in [0.25, 0.3) is 0 Å². The monoisotopic (exact) mass is 199 g/mol. The number of rotatable bonds is 0. The molecule has 1 aromatic rings. The van der Waals surface area contributed by atoms with Gasteiger partial charge in [0.2, 0.25) is 0 Å². The summed E-state index contributed by atoms with van der Waals surface area (Å²) in [4.78, 5) is 22.7. The van der Waals surface area contributed by atoms with Crippen molar-refractivity contribution in [1.29, 1.82) is 0 Å². The van der Waals surface area contributed by atoms with Crippen molar-refractivity contribution in [2.75, 3.05) is 5.84 Å². The Hall–Kier alpha value is -0.940. The third kappa shape index (κ3) is 3.10. The van der Waals surface area contributed by atoms with Crippen LogP contribution in [-0.4, -0.2) is 9.66 Å². The molecule has 0 aliphatic carbocycles. The van der Waals surface area contributed by atoms with Gasteiger partial charge in [-0.15, -0.1) is 24.8 Å². The Balaban J connectivity index is 0. The minimum atomic E-state index is -0.609. The van der Waals surface area contributed by atoms with Crippen LogP contribution in [0.2, 0.25) is 0 Å². The number of nitrogen functional groups attached to an aromatic ring is 1. The highest BCUT2D eigenvalue weighted by atomic mass is 35.5. The first-order chi connectivity index (χ1) is 4.20. The summed E-state index contributed by atoms with van der Waals surface area (Å²) in [6.07, 6.45) is 1.20. The van der Waals surface area contributed by atoms with Crippen molar-refractivity contribution >= 4 is 24.8 Å². The van der Waals surface area contributed by atoms with Gasteiger partial charge in [-0.3, -0.25) is 9.78 Å². The van der Waals surface area contributed by atoms with Gasteiger partial charge in [-0.05, 0) is 0 Å². The van der Waals surface area contributed by atoms with E-state index >= 15 is 0 Å². The summed E-state index contributed by atoms with van der Waals surface area (Å²) in [5.41, 5.74) is -1.05. The van der Waals surface area contributed by atoms with E-state index in [0.29, 0.717) is 0 Å². The normalized spacial score (nSPS) is 7.64. The molecule has 1 aromatic heterocycles. The molecule has 0 spiro atoms. The molecule has 0 fully saturated rings. The van der Waals surface area contributed by atoms with Crippen molar-refractivity contribution in [2.24, 2.45) is 0 Å². The van der Waals surface area contributed by atoms with Crippen LogP contribution in [0.1, 0.15) is 0 Å². The summed E-state index contributed by atoms with van der Waals surface area (Å²) >= 11 is 0. The average Bonchev–Trinajstić information content (AvgIpc) is 1.80. The van der Waals surface area contributed by atoms with E-state index < -0.39 is 11.2 Å². The number of aromatic amines is 1. The Morgan fingerprint density at radius 1 is 1.36 bits per heavy atom. The standard InChI is InChI=1S/C4H5N3O2.2ClH/c5-7-2-1-3(8)6-4(7)9;;/h1-2H,5H2,(H,6,8,9);2*1H. The molecule has 5 nitrogen and oxygen atoms in total. The Morgan fingerprint density at radius 3 is 2.27 bits per heavy atom. The van der Waals surface area contributed by atoms with Crippen LogP contribution in [0, 0.1) is 0 Å². The molecule has 0 unspecified atom stereocenters. The fraction of sp³-hybridized carbons (Fsp3) is 0. The van der Waals surface area contributed by atoms with E-state index in [4.69, 9.17) is 5.84 Å². The van der Waals surface area contributed by atoms with Gasteiger partial charge >= 0.3 is 5.69 Å². The quantitative estimate of drug-likeness (QED) is 0.532. The Morgan fingerprint density at radius 2 is 1.91 bits per heavy atom. The van der Waals surface area contributed by atoms with Gasteiger partial charge in [-0.2, -0.15) is 0 Å². The van der Waals surface area contributed by atoms with E-state index in [0.717, 1.165) is 4.68 Å². The Bertz CT molecular complexity index is 318. The second kappa shape index (κ2) is 4.81. The first kappa shape index (κ1) is 12.7. The summed E-state index contributed by atoms with van der Waals surface area (Å²) < 4.78 is 0.793. The minimum absolute atomic E-state index is 0. The minimum Gasteiger partial charge on any atom is -0.335 e. The van der Waals surface area contributed by atoms with Crippen LogP contribution < -0.4 is 17.1 Å². The fourth-order valence-electron chi connectivity index (χ4n) is 0.427. The van der Waals surface area contributed by atoms with Crippen LogP contribution in [0.4, 0.5) is 0 Å². The second-order valence-corrected chi connectivity index (χ2v) is 1.52. The number of H-pyrrole nitrogens is 1. The smallest absolute Gasteiger partial charge is 0.335 e. The summed E-state index contributed by atoms with van der Waals surface area (Å²) in [5.74, 6) is 5.02. The summed E-state index contributed by atoms with van der Waals surface area (Å²) in [6, 6.07) is 1.17. The molecule has 0 aliphatic heterocycles. The van der Waals surface area contributed by atoms with Crippen molar-refractivity contribution < 1.29 is 0 Å².